The summed E-state index contributed by atoms with van der Waals surface area (Å²) in [6.45, 7) is 6.25. The molecule has 0 amide bonds. The third kappa shape index (κ3) is 3.26. The second kappa shape index (κ2) is 6.98. The number of carbonyl (C=O) groups excluding carboxylic acids is 1. The first-order valence-corrected chi connectivity index (χ1v) is 11.4. The van der Waals surface area contributed by atoms with Crippen molar-refractivity contribution < 1.29 is 17.9 Å². The summed E-state index contributed by atoms with van der Waals surface area (Å²) in [5.74, 6) is 0.296. The lowest BCUT2D eigenvalue weighted by Crippen LogP contribution is -2.48. The van der Waals surface area contributed by atoms with Crippen LogP contribution in [0.4, 0.5) is 0 Å². The van der Waals surface area contributed by atoms with E-state index >= 15 is 0 Å². The lowest BCUT2D eigenvalue weighted by Gasteiger charge is -2.37. The number of hydrogen-bond acceptors (Lipinski definition) is 4. The number of ether oxygens (including phenoxy) is 1. The van der Waals surface area contributed by atoms with Gasteiger partial charge >= 0.3 is 0 Å². The Morgan fingerprint density at radius 2 is 1.93 bits per heavy atom. The average Bonchev–Trinajstić information content (AvgIpc) is 2.98. The van der Waals surface area contributed by atoms with Crippen molar-refractivity contribution in [2.24, 2.45) is 16.7 Å². The molecular formula is C21H31NO4S. The van der Waals surface area contributed by atoms with Crippen LogP contribution in [0, 0.1) is 16.7 Å². The van der Waals surface area contributed by atoms with Crippen molar-refractivity contribution in [1.82, 2.24) is 4.72 Å². The van der Waals surface area contributed by atoms with Gasteiger partial charge in [-0.3, -0.25) is 4.79 Å². The van der Waals surface area contributed by atoms with Crippen LogP contribution >= 0.6 is 0 Å². The van der Waals surface area contributed by atoms with E-state index in [1.165, 1.54) is 0 Å². The van der Waals surface area contributed by atoms with Gasteiger partial charge in [-0.25, -0.2) is 13.1 Å². The summed E-state index contributed by atoms with van der Waals surface area (Å²) < 4.78 is 34.5. The number of hydrogen-bond donors (Lipinski definition) is 1. The number of rotatable bonds is 8. The number of nitrogens with one attached hydrogen (secondary N) is 1. The molecule has 2 aliphatic carbocycles. The predicted octanol–water partition coefficient (Wildman–Crippen LogP) is 3.25. The molecule has 2 fully saturated rings. The molecule has 150 valence electrons. The van der Waals surface area contributed by atoms with Crippen molar-refractivity contribution in [3.8, 4) is 0 Å². The van der Waals surface area contributed by atoms with Crippen molar-refractivity contribution in [1.29, 1.82) is 0 Å². The molecule has 5 nitrogen and oxygen atoms in total. The minimum absolute atomic E-state index is 0.116. The molecule has 0 spiro atoms. The molecule has 2 saturated carbocycles. The van der Waals surface area contributed by atoms with Crippen LogP contribution in [0.2, 0.25) is 0 Å². The topological polar surface area (TPSA) is 72.5 Å². The van der Waals surface area contributed by atoms with Crippen molar-refractivity contribution >= 4 is 15.8 Å². The Hall–Kier alpha value is -1.24. The summed E-state index contributed by atoms with van der Waals surface area (Å²) in [7, 11) is -2.02. The third-order valence-electron chi connectivity index (χ3n) is 7.41. The minimum Gasteiger partial charge on any atom is -0.372 e. The standard InChI is InChI=1S/C21H31NO4S/c1-5-21(26-4,16-9-7-6-8-10-16)14-22-27(24,25)15-20-12-11-17(13-18(20)23)19(20,2)3/h6-10,17,22H,5,11-15H2,1-4H3/t17-,20-,21-/m1/s1. The maximum Gasteiger partial charge on any atom is 0.212 e. The number of benzene rings is 1. The molecule has 0 unspecified atom stereocenters. The normalized spacial score (nSPS) is 29.0. The Morgan fingerprint density at radius 3 is 2.41 bits per heavy atom. The van der Waals surface area contributed by atoms with E-state index in [1.54, 1.807) is 7.11 Å². The summed E-state index contributed by atoms with van der Waals surface area (Å²) in [5, 5.41) is 0. The molecule has 0 aromatic heterocycles. The molecule has 2 bridgehead atoms. The number of carbonyl (C=O) groups is 1. The average molecular weight is 394 g/mol. The van der Waals surface area contributed by atoms with Gasteiger partial charge in [-0.1, -0.05) is 51.1 Å². The van der Waals surface area contributed by atoms with Gasteiger partial charge in [0.05, 0.1) is 5.75 Å². The highest BCUT2D eigenvalue weighted by Crippen LogP contribution is 2.64. The number of sulfonamides is 1. The van der Waals surface area contributed by atoms with Gasteiger partial charge in [-0.15, -0.1) is 0 Å². The monoisotopic (exact) mass is 393 g/mol. The molecule has 2 aliphatic rings. The van der Waals surface area contributed by atoms with Crippen LogP contribution in [0.5, 0.6) is 0 Å². The van der Waals surface area contributed by atoms with Gasteiger partial charge in [0.2, 0.25) is 10.0 Å². The van der Waals surface area contributed by atoms with Gasteiger partial charge in [-0.05, 0) is 36.2 Å². The Morgan fingerprint density at radius 1 is 1.26 bits per heavy atom. The summed E-state index contributed by atoms with van der Waals surface area (Å²) in [5.41, 5.74) is -0.798. The summed E-state index contributed by atoms with van der Waals surface area (Å²) in [6.07, 6.45) is 2.76. The van der Waals surface area contributed by atoms with Crippen molar-refractivity contribution in [2.45, 2.75) is 52.1 Å². The van der Waals surface area contributed by atoms with Crippen molar-refractivity contribution in [2.75, 3.05) is 19.4 Å². The molecule has 3 atom stereocenters. The number of methoxy groups -OCH3 is 1. The Kier molecular flexibility index (Phi) is 5.30. The molecule has 1 aromatic rings. The Balaban J connectivity index is 1.80. The molecule has 0 radical (unpaired) electrons. The van der Waals surface area contributed by atoms with E-state index in [4.69, 9.17) is 4.74 Å². The zero-order valence-corrected chi connectivity index (χ0v) is 17.6. The van der Waals surface area contributed by atoms with Gasteiger partial charge < -0.3 is 4.74 Å². The quantitative estimate of drug-likeness (QED) is 0.736. The molecule has 1 aromatic carbocycles. The first kappa shape index (κ1) is 20.5. The van der Waals surface area contributed by atoms with Crippen molar-refractivity contribution in [3.05, 3.63) is 35.9 Å². The van der Waals surface area contributed by atoms with E-state index in [1.807, 2.05) is 37.3 Å². The third-order valence-corrected chi connectivity index (χ3v) is 8.87. The fraction of sp³-hybridized carbons (Fsp3) is 0.667. The van der Waals surface area contributed by atoms with Crippen LogP contribution in [0.1, 0.15) is 52.0 Å². The molecule has 27 heavy (non-hydrogen) atoms. The van der Waals surface area contributed by atoms with Crippen LogP contribution in [-0.4, -0.2) is 33.6 Å². The maximum absolute atomic E-state index is 13.0. The highest BCUT2D eigenvalue weighted by atomic mass is 32.2. The van der Waals surface area contributed by atoms with E-state index in [0.29, 0.717) is 25.2 Å². The van der Waals surface area contributed by atoms with Crippen LogP contribution in [0.15, 0.2) is 30.3 Å². The highest BCUT2D eigenvalue weighted by molar-refractivity contribution is 7.89. The van der Waals surface area contributed by atoms with Crippen LogP contribution in [0.3, 0.4) is 0 Å². The summed E-state index contributed by atoms with van der Waals surface area (Å²) >= 11 is 0. The lowest BCUT2D eigenvalue weighted by molar-refractivity contribution is -0.128. The van der Waals surface area contributed by atoms with Gasteiger partial charge in [-0.2, -0.15) is 0 Å². The second-order valence-corrected chi connectivity index (χ2v) is 10.5. The predicted molar refractivity (Wildman–Crippen MR) is 106 cm³/mol. The first-order chi connectivity index (χ1) is 12.6. The molecule has 0 saturated heterocycles. The van der Waals surface area contributed by atoms with Gasteiger partial charge in [0.1, 0.15) is 11.4 Å². The van der Waals surface area contributed by atoms with Crippen LogP contribution < -0.4 is 4.72 Å². The van der Waals surface area contributed by atoms with Crippen LogP contribution in [-0.2, 0) is 25.2 Å². The summed E-state index contributed by atoms with van der Waals surface area (Å²) in [4.78, 5) is 12.7. The van der Waals surface area contributed by atoms with E-state index < -0.39 is 21.0 Å². The maximum atomic E-state index is 13.0. The fourth-order valence-corrected chi connectivity index (χ4v) is 7.10. The number of ketones is 1. The zero-order chi connectivity index (χ0) is 19.9. The second-order valence-electron chi connectivity index (χ2n) is 8.66. The summed E-state index contributed by atoms with van der Waals surface area (Å²) in [6, 6.07) is 9.67. The van der Waals surface area contributed by atoms with Crippen LogP contribution in [0.25, 0.3) is 0 Å². The zero-order valence-electron chi connectivity index (χ0n) is 16.7. The molecule has 6 heteroatoms. The van der Waals surface area contributed by atoms with Gasteiger partial charge in [0.25, 0.3) is 0 Å². The van der Waals surface area contributed by atoms with Crippen molar-refractivity contribution in [3.63, 3.8) is 0 Å². The Labute approximate surface area is 162 Å². The molecule has 0 aliphatic heterocycles. The van der Waals surface area contributed by atoms with E-state index in [2.05, 4.69) is 18.6 Å². The number of Topliss-reactive ketones (excluding diaryl/α,β-unsaturated/α-hetero) is 1. The van der Waals surface area contributed by atoms with E-state index in [0.717, 1.165) is 12.0 Å². The SMILES string of the molecule is CC[C@](CNS(=O)(=O)C[C@]12CC[C@H](CC1=O)C2(C)C)(OC)c1ccccc1. The van der Waals surface area contributed by atoms with Gasteiger partial charge in [0, 0.05) is 25.5 Å². The molecule has 1 N–H and O–H groups in total. The minimum atomic E-state index is -3.63. The van der Waals surface area contributed by atoms with E-state index in [-0.39, 0.29) is 23.5 Å². The highest BCUT2D eigenvalue weighted by Gasteiger charge is 2.65. The fourth-order valence-electron chi connectivity index (χ4n) is 5.22. The smallest absolute Gasteiger partial charge is 0.212 e. The molecule has 0 heterocycles. The van der Waals surface area contributed by atoms with E-state index in [9.17, 15) is 13.2 Å². The van der Waals surface area contributed by atoms with Gasteiger partial charge in [0.15, 0.2) is 0 Å². The molecule has 3 rings (SSSR count). The number of fused-ring (bicyclic) bond motifs is 2. The Bertz CT molecular complexity index is 799. The lowest BCUT2D eigenvalue weighted by atomic mass is 9.70. The largest absolute Gasteiger partial charge is 0.372 e. The first-order valence-electron chi connectivity index (χ1n) is 9.74. The molecular weight excluding hydrogens is 362 g/mol.